The molecule has 3 N–H and O–H groups in total. The molecule has 0 aliphatic carbocycles. The molecule has 1 aromatic heterocycles. The van der Waals surface area contributed by atoms with Gasteiger partial charge in [-0.3, -0.25) is 4.79 Å². The molecule has 2 atom stereocenters. The van der Waals surface area contributed by atoms with Crippen LogP contribution in [0.1, 0.15) is 42.2 Å². The highest BCUT2D eigenvalue weighted by molar-refractivity contribution is 6.68. The summed E-state index contributed by atoms with van der Waals surface area (Å²) < 4.78 is 0. The van der Waals surface area contributed by atoms with Gasteiger partial charge in [0, 0.05) is 23.0 Å². The van der Waals surface area contributed by atoms with Gasteiger partial charge in [0.25, 0.3) is 5.91 Å². The van der Waals surface area contributed by atoms with Gasteiger partial charge in [0.1, 0.15) is 11.0 Å². The summed E-state index contributed by atoms with van der Waals surface area (Å²) in [6, 6.07) is 15.4. The summed E-state index contributed by atoms with van der Waals surface area (Å²) in [5, 5.41) is 7.96. The summed E-state index contributed by atoms with van der Waals surface area (Å²) >= 11 is 6.17. The first-order valence-electron chi connectivity index (χ1n) is 10.4. The number of allylic oxidation sites excluding steroid dienone is 3. The maximum Gasteiger partial charge on any atom is 0.255 e. The zero-order valence-corrected chi connectivity index (χ0v) is 18.3. The summed E-state index contributed by atoms with van der Waals surface area (Å²) in [5.74, 6) is 0.971. The predicted octanol–water partition coefficient (Wildman–Crippen LogP) is 6.15. The lowest BCUT2D eigenvalue weighted by molar-refractivity contribution is 0.102. The van der Waals surface area contributed by atoms with E-state index < -0.39 is 0 Å². The Labute approximate surface area is 186 Å². The van der Waals surface area contributed by atoms with Gasteiger partial charge in [-0.2, -0.15) is 0 Å². The van der Waals surface area contributed by atoms with Crippen molar-refractivity contribution in [1.29, 1.82) is 0 Å². The molecule has 4 rings (SSSR count). The maximum absolute atomic E-state index is 12.7. The molecule has 31 heavy (non-hydrogen) atoms. The van der Waals surface area contributed by atoms with Crippen LogP contribution >= 0.6 is 11.6 Å². The minimum Gasteiger partial charge on any atom is -0.364 e. The fraction of sp³-hybridized carbons (Fsp3) is 0.200. The molecule has 1 unspecified atom stereocenters. The summed E-state index contributed by atoms with van der Waals surface area (Å²) in [6.07, 6.45) is 8.74. The first-order chi connectivity index (χ1) is 15.0. The third kappa shape index (κ3) is 5.25. The Kier molecular flexibility index (Phi) is 6.23. The number of carbonyl (C=O) groups excluding carboxylic acids is 1. The van der Waals surface area contributed by atoms with Crippen molar-refractivity contribution in [2.45, 2.75) is 26.3 Å². The second-order valence-electron chi connectivity index (χ2n) is 7.83. The Morgan fingerprint density at radius 1 is 1.23 bits per heavy atom. The molecular formula is C25H25ClN4O. The van der Waals surface area contributed by atoms with Crippen LogP contribution in [0.25, 0.3) is 10.9 Å². The smallest absolute Gasteiger partial charge is 0.255 e. The van der Waals surface area contributed by atoms with E-state index >= 15 is 0 Å². The lowest BCUT2D eigenvalue weighted by Gasteiger charge is -2.19. The van der Waals surface area contributed by atoms with Crippen molar-refractivity contribution in [3.05, 3.63) is 89.9 Å². The van der Waals surface area contributed by atoms with E-state index in [0.29, 0.717) is 16.7 Å². The predicted molar refractivity (Wildman–Crippen MR) is 129 cm³/mol. The van der Waals surface area contributed by atoms with Gasteiger partial charge >= 0.3 is 0 Å². The number of amides is 1. The number of fused-ring (bicyclic) bond motifs is 1. The Morgan fingerprint density at radius 3 is 2.97 bits per heavy atom. The van der Waals surface area contributed by atoms with Crippen molar-refractivity contribution in [2.24, 2.45) is 10.9 Å². The highest BCUT2D eigenvalue weighted by Gasteiger charge is 2.12. The number of anilines is 1. The number of hydrogen-bond donors (Lipinski definition) is 3. The second-order valence-corrected chi connectivity index (χ2v) is 8.21. The van der Waals surface area contributed by atoms with Crippen LogP contribution in [0, 0.1) is 5.92 Å². The first-order valence-corrected chi connectivity index (χ1v) is 10.7. The van der Waals surface area contributed by atoms with E-state index in [4.69, 9.17) is 11.6 Å². The highest BCUT2D eigenvalue weighted by atomic mass is 35.5. The van der Waals surface area contributed by atoms with Gasteiger partial charge in [0.2, 0.25) is 0 Å². The van der Waals surface area contributed by atoms with E-state index in [9.17, 15) is 4.79 Å². The number of rotatable bonds is 5. The van der Waals surface area contributed by atoms with Crippen molar-refractivity contribution in [1.82, 2.24) is 10.3 Å². The van der Waals surface area contributed by atoms with Crippen LogP contribution in [0.5, 0.6) is 0 Å². The zero-order valence-electron chi connectivity index (χ0n) is 17.5. The minimum atomic E-state index is -0.144. The molecule has 2 aromatic carbocycles. The number of hydrogen-bond acceptors (Lipinski definition) is 3. The maximum atomic E-state index is 12.7. The molecule has 0 spiro atoms. The molecule has 1 amide bonds. The van der Waals surface area contributed by atoms with Crippen LogP contribution in [0.15, 0.2) is 83.8 Å². The molecule has 0 bridgehead atoms. The molecule has 3 aromatic rings. The topological polar surface area (TPSA) is 69.3 Å². The van der Waals surface area contributed by atoms with Crippen molar-refractivity contribution >= 4 is 39.3 Å². The Morgan fingerprint density at radius 2 is 2.10 bits per heavy atom. The normalized spacial score (nSPS) is 21.7. The van der Waals surface area contributed by atoms with E-state index in [1.807, 2.05) is 66.9 Å². The van der Waals surface area contributed by atoms with Gasteiger partial charge in [-0.05, 0) is 72.7 Å². The van der Waals surface area contributed by atoms with Crippen molar-refractivity contribution < 1.29 is 4.79 Å². The first kappa shape index (κ1) is 20.9. The van der Waals surface area contributed by atoms with E-state index in [2.05, 4.69) is 40.5 Å². The molecular weight excluding hydrogens is 408 g/mol. The van der Waals surface area contributed by atoms with Crippen LogP contribution in [0.3, 0.4) is 0 Å². The third-order valence-electron chi connectivity index (χ3n) is 5.26. The summed E-state index contributed by atoms with van der Waals surface area (Å²) in [6.45, 7) is 4.20. The quantitative estimate of drug-likeness (QED) is 0.452. The van der Waals surface area contributed by atoms with Crippen LogP contribution in [-0.2, 0) is 0 Å². The summed E-state index contributed by atoms with van der Waals surface area (Å²) in [4.78, 5) is 20.3. The number of carbonyl (C=O) groups is 1. The number of aromatic nitrogens is 1. The molecule has 0 saturated carbocycles. The summed E-state index contributed by atoms with van der Waals surface area (Å²) in [7, 11) is 0. The van der Waals surface area contributed by atoms with Crippen LogP contribution in [0.4, 0.5) is 5.69 Å². The van der Waals surface area contributed by atoms with Crippen LogP contribution < -0.4 is 10.6 Å². The largest absolute Gasteiger partial charge is 0.364 e. The Balaban J connectivity index is 1.48. The standard InChI is InChI=1S/C25H25ClN4O/c1-16-5-3-8-23(26)30-24(13-16)28-17(2)19-6-4-7-21(14-19)29-25(31)20-10-9-18-11-12-27-22(18)15-20/h3-4,6-17,27-28H,5H2,1-2H3,(H,29,31)/b8-3+,24-13-,30-23+/t16?,17-/m0/s1. The molecule has 0 radical (unpaired) electrons. The SMILES string of the molecule is CC1\C=C(N[C@@H](C)c2cccc(NC(=O)c3ccc4cc[nH]c4c3)c2)/N=C(Cl)\C=C\C1. The van der Waals surface area contributed by atoms with Gasteiger partial charge in [0.05, 0.1) is 6.04 Å². The van der Waals surface area contributed by atoms with Gasteiger partial charge in [-0.1, -0.05) is 42.8 Å². The van der Waals surface area contributed by atoms with Crippen LogP contribution in [-0.4, -0.2) is 16.1 Å². The average molecular weight is 433 g/mol. The lowest BCUT2D eigenvalue weighted by Crippen LogP contribution is -2.19. The number of H-pyrrole nitrogens is 1. The number of nitrogens with one attached hydrogen (secondary N) is 3. The minimum absolute atomic E-state index is 0.0119. The molecule has 158 valence electrons. The van der Waals surface area contributed by atoms with Gasteiger partial charge in [0.15, 0.2) is 0 Å². The second kappa shape index (κ2) is 9.23. The number of aromatic amines is 1. The van der Waals surface area contributed by atoms with Crippen molar-refractivity contribution in [3.63, 3.8) is 0 Å². The Bertz CT molecular complexity index is 1190. The van der Waals surface area contributed by atoms with Crippen molar-refractivity contribution in [2.75, 3.05) is 5.32 Å². The van der Waals surface area contributed by atoms with Crippen LogP contribution in [0.2, 0.25) is 0 Å². The third-order valence-corrected chi connectivity index (χ3v) is 5.47. The summed E-state index contributed by atoms with van der Waals surface area (Å²) in [5.41, 5.74) is 3.33. The number of halogens is 1. The van der Waals surface area contributed by atoms with Gasteiger partial charge in [-0.25, -0.2) is 4.99 Å². The highest BCUT2D eigenvalue weighted by Crippen LogP contribution is 2.22. The number of nitrogens with zero attached hydrogens (tertiary/aromatic N) is 1. The number of aliphatic imine (C=N–C) groups is 1. The van der Waals surface area contributed by atoms with E-state index in [1.54, 1.807) is 0 Å². The van der Waals surface area contributed by atoms with E-state index in [1.165, 1.54) is 0 Å². The van der Waals surface area contributed by atoms with Crippen molar-refractivity contribution in [3.8, 4) is 0 Å². The molecule has 6 heteroatoms. The Hall–Kier alpha value is -3.31. The number of benzene rings is 2. The van der Waals surface area contributed by atoms with Gasteiger partial charge < -0.3 is 15.6 Å². The fourth-order valence-electron chi connectivity index (χ4n) is 3.57. The van der Waals surface area contributed by atoms with Gasteiger partial charge in [-0.15, -0.1) is 0 Å². The lowest BCUT2D eigenvalue weighted by atomic mass is 10.1. The molecule has 0 saturated heterocycles. The molecule has 2 heterocycles. The molecule has 1 aliphatic rings. The average Bonchev–Trinajstić information content (AvgIpc) is 3.20. The fourth-order valence-corrected chi connectivity index (χ4v) is 3.75. The van der Waals surface area contributed by atoms with E-state index in [0.717, 1.165) is 34.4 Å². The van der Waals surface area contributed by atoms with E-state index in [-0.39, 0.29) is 11.9 Å². The molecule has 0 fully saturated rings. The monoisotopic (exact) mass is 432 g/mol. The molecule has 5 nitrogen and oxygen atoms in total. The zero-order chi connectivity index (χ0) is 21.8. The molecule has 1 aliphatic heterocycles.